The number of amides is 2. The zero-order valence-corrected chi connectivity index (χ0v) is 12.1. The third kappa shape index (κ3) is 2.69. The maximum absolute atomic E-state index is 12.4. The highest BCUT2D eigenvalue weighted by molar-refractivity contribution is 6.12. The molecule has 0 saturated heterocycles. The Balaban J connectivity index is 1.92. The summed E-state index contributed by atoms with van der Waals surface area (Å²) in [5.41, 5.74) is 0.979. The van der Waals surface area contributed by atoms with Crippen LogP contribution in [-0.4, -0.2) is 33.8 Å². The SMILES string of the molecule is CNC(=O)c1cccc(NC(=O)c2c[nH]c3nc[nH]c(=O)c23)c1. The molecule has 3 rings (SSSR count). The van der Waals surface area contributed by atoms with Gasteiger partial charge in [-0.2, -0.15) is 0 Å². The van der Waals surface area contributed by atoms with Gasteiger partial charge in [-0.3, -0.25) is 14.4 Å². The fourth-order valence-electron chi connectivity index (χ4n) is 2.23. The van der Waals surface area contributed by atoms with Crippen LogP contribution in [0, 0.1) is 0 Å². The molecule has 8 nitrogen and oxygen atoms in total. The monoisotopic (exact) mass is 311 g/mol. The quantitative estimate of drug-likeness (QED) is 0.573. The Morgan fingerprint density at radius 2 is 2.00 bits per heavy atom. The average molecular weight is 311 g/mol. The molecule has 2 amide bonds. The first-order chi connectivity index (χ1) is 11.1. The highest BCUT2D eigenvalue weighted by atomic mass is 16.2. The maximum Gasteiger partial charge on any atom is 0.261 e. The second-order valence-corrected chi connectivity index (χ2v) is 4.77. The first-order valence-electron chi connectivity index (χ1n) is 6.78. The van der Waals surface area contributed by atoms with Gasteiger partial charge in [0.25, 0.3) is 17.4 Å². The van der Waals surface area contributed by atoms with E-state index in [1.54, 1.807) is 24.3 Å². The van der Waals surface area contributed by atoms with Crippen LogP contribution in [0.15, 0.2) is 41.6 Å². The van der Waals surface area contributed by atoms with Crippen molar-refractivity contribution in [2.45, 2.75) is 0 Å². The smallest absolute Gasteiger partial charge is 0.261 e. The third-order valence-electron chi connectivity index (χ3n) is 3.33. The van der Waals surface area contributed by atoms with Gasteiger partial charge in [0.1, 0.15) is 5.65 Å². The summed E-state index contributed by atoms with van der Waals surface area (Å²) in [4.78, 5) is 45.0. The van der Waals surface area contributed by atoms with Gasteiger partial charge in [-0.1, -0.05) is 6.07 Å². The predicted molar refractivity (Wildman–Crippen MR) is 84.5 cm³/mol. The van der Waals surface area contributed by atoms with E-state index in [0.29, 0.717) is 16.9 Å². The van der Waals surface area contributed by atoms with E-state index in [-0.39, 0.29) is 16.9 Å². The van der Waals surface area contributed by atoms with Gasteiger partial charge in [0.05, 0.1) is 17.3 Å². The molecule has 0 bridgehead atoms. The maximum atomic E-state index is 12.4. The van der Waals surface area contributed by atoms with Crippen molar-refractivity contribution < 1.29 is 9.59 Å². The molecule has 0 spiro atoms. The average Bonchev–Trinajstić information content (AvgIpc) is 3.00. The van der Waals surface area contributed by atoms with Gasteiger partial charge in [-0.25, -0.2) is 4.98 Å². The van der Waals surface area contributed by atoms with Crippen molar-refractivity contribution in [1.82, 2.24) is 20.3 Å². The van der Waals surface area contributed by atoms with Crippen molar-refractivity contribution in [2.24, 2.45) is 0 Å². The lowest BCUT2D eigenvalue weighted by atomic mass is 10.1. The molecular weight excluding hydrogens is 298 g/mol. The van der Waals surface area contributed by atoms with Crippen LogP contribution >= 0.6 is 0 Å². The van der Waals surface area contributed by atoms with Crippen LogP contribution in [0.4, 0.5) is 5.69 Å². The summed E-state index contributed by atoms with van der Waals surface area (Å²) in [7, 11) is 1.53. The molecule has 0 aliphatic rings. The molecule has 4 N–H and O–H groups in total. The molecule has 2 heterocycles. The van der Waals surface area contributed by atoms with Gasteiger partial charge < -0.3 is 20.6 Å². The topological polar surface area (TPSA) is 120 Å². The molecule has 0 radical (unpaired) electrons. The van der Waals surface area contributed by atoms with Crippen LogP contribution in [0.25, 0.3) is 11.0 Å². The zero-order chi connectivity index (χ0) is 16.4. The standard InChI is InChI=1S/C15H13N5O3/c1-16-13(21)8-3-2-4-9(5-8)20-14(22)10-6-17-12-11(10)15(23)19-7-18-12/h2-7H,1H3,(H,16,21)(H,20,22)(H2,17,18,19,23). The summed E-state index contributed by atoms with van der Waals surface area (Å²) in [6.45, 7) is 0. The second-order valence-electron chi connectivity index (χ2n) is 4.77. The molecule has 0 unspecified atom stereocenters. The number of aromatic nitrogens is 3. The number of aromatic amines is 2. The summed E-state index contributed by atoms with van der Waals surface area (Å²) >= 11 is 0. The molecule has 23 heavy (non-hydrogen) atoms. The number of rotatable bonds is 3. The Kier molecular flexibility index (Phi) is 3.63. The van der Waals surface area contributed by atoms with Crippen LogP contribution in [0.2, 0.25) is 0 Å². The van der Waals surface area contributed by atoms with Gasteiger partial charge in [0, 0.05) is 24.5 Å². The molecule has 2 aromatic heterocycles. The molecule has 8 heteroatoms. The largest absolute Gasteiger partial charge is 0.355 e. The van der Waals surface area contributed by atoms with Gasteiger partial charge >= 0.3 is 0 Å². The summed E-state index contributed by atoms with van der Waals surface area (Å²) in [5, 5.41) is 5.36. The van der Waals surface area contributed by atoms with E-state index < -0.39 is 11.5 Å². The summed E-state index contributed by atoms with van der Waals surface area (Å²) in [6.07, 6.45) is 2.68. The number of nitrogens with one attached hydrogen (secondary N) is 4. The molecule has 0 fully saturated rings. The summed E-state index contributed by atoms with van der Waals surface area (Å²) in [6, 6.07) is 6.49. The van der Waals surface area contributed by atoms with E-state index >= 15 is 0 Å². The summed E-state index contributed by atoms with van der Waals surface area (Å²) in [5.74, 6) is -0.724. The van der Waals surface area contributed by atoms with Crippen molar-refractivity contribution in [3.05, 3.63) is 58.3 Å². The Labute approximate surface area is 129 Å². The highest BCUT2D eigenvalue weighted by Crippen LogP contribution is 2.15. The molecule has 0 aliphatic carbocycles. The third-order valence-corrected chi connectivity index (χ3v) is 3.33. The Morgan fingerprint density at radius 3 is 2.78 bits per heavy atom. The lowest BCUT2D eigenvalue weighted by Crippen LogP contribution is -2.19. The van der Waals surface area contributed by atoms with Crippen LogP contribution in [0.5, 0.6) is 0 Å². The lowest BCUT2D eigenvalue weighted by molar-refractivity contribution is 0.0961. The number of H-pyrrole nitrogens is 2. The van der Waals surface area contributed by atoms with E-state index in [4.69, 9.17) is 0 Å². The molecule has 0 atom stereocenters. The fourth-order valence-corrected chi connectivity index (χ4v) is 2.23. The minimum absolute atomic E-state index is 0.180. The molecule has 1 aromatic carbocycles. The second kappa shape index (κ2) is 5.76. The van der Waals surface area contributed by atoms with E-state index in [2.05, 4.69) is 25.6 Å². The highest BCUT2D eigenvalue weighted by Gasteiger charge is 2.16. The number of anilines is 1. The number of carbonyl (C=O) groups excluding carboxylic acids is 2. The minimum atomic E-state index is -0.469. The molecule has 0 saturated carbocycles. The van der Waals surface area contributed by atoms with Crippen molar-refractivity contribution in [1.29, 1.82) is 0 Å². The van der Waals surface area contributed by atoms with E-state index in [1.165, 1.54) is 19.6 Å². The fraction of sp³-hybridized carbons (Fsp3) is 0.0667. The number of hydrogen-bond donors (Lipinski definition) is 4. The van der Waals surface area contributed by atoms with E-state index in [0.717, 1.165) is 0 Å². The normalized spacial score (nSPS) is 10.5. The van der Waals surface area contributed by atoms with Crippen LogP contribution in [0.1, 0.15) is 20.7 Å². The molecular formula is C15H13N5O3. The van der Waals surface area contributed by atoms with Gasteiger partial charge in [-0.05, 0) is 18.2 Å². The van der Waals surface area contributed by atoms with Gasteiger partial charge in [-0.15, -0.1) is 0 Å². The number of carbonyl (C=O) groups is 2. The van der Waals surface area contributed by atoms with Crippen LogP contribution in [-0.2, 0) is 0 Å². The van der Waals surface area contributed by atoms with Gasteiger partial charge in [0.15, 0.2) is 0 Å². The number of nitrogens with zero attached hydrogens (tertiary/aromatic N) is 1. The molecule has 3 aromatic rings. The van der Waals surface area contributed by atoms with Crippen LogP contribution < -0.4 is 16.2 Å². The predicted octanol–water partition coefficient (Wildman–Crippen LogP) is 0.863. The molecule has 0 aliphatic heterocycles. The van der Waals surface area contributed by atoms with Crippen LogP contribution in [0.3, 0.4) is 0 Å². The van der Waals surface area contributed by atoms with Crippen molar-refractivity contribution in [3.63, 3.8) is 0 Å². The van der Waals surface area contributed by atoms with Crippen molar-refractivity contribution >= 4 is 28.5 Å². The number of benzene rings is 1. The molecule has 116 valence electrons. The Morgan fingerprint density at radius 1 is 1.17 bits per heavy atom. The van der Waals surface area contributed by atoms with Gasteiger partial charge in [0.2, 0.25) is 0 Å². The lowest BCUT2D eigenvalue weighted by Gasteiger charge is -2.06. The van der Waals surface area contributed by atoms with Crippen molar-refractivity contribution in [2.75, 3.05) is 12.4 Å². The number of fused-ring (bicyclic) bond motifs is 1. The minimum Gasteiger partial charge on any atom is -0.355 e. The Bertz CT molecular complexity index is 957. The summed E-state index contributed by atoms with van der Waals surface area (Å²) < 4.78 is 0. The zero-order valence-electron chi connectivity index (χ0n) is 12.1. The Hall–Kier alpha value is -3.42. The first-order valence-corrected chi connectivity index (χ1v) is 6.78. The van der Waals surface area contributed by atoms with E-state index in [9.17, 15) is 14.4 Å². The van der Waals surface area contributed by atoms with E-state index in [1.807, 2.05) is 0 Å². The van der Waals surface area contributed by atoms with Crippen molar-refractivity contribution in [3.8, 4) is 0 Å². The number of hydrogen-bond acceptors (Lipinski definition) is 4. The first kappa shape index (κ1) is 14.5.